The third-order valence-electron chi connectivity index (χ3n) is 5.28. The molecule has 0 atom stereocenters. The van der Waals surface area contributed by atoms with Crippen LogP contribution < -0.4 is 15.4 Å². The minimum absolute atomic E-state index is 0.0332. The van der Waals surface area contributed by atoms with Gasteiger partial charge in [0.2, 0.25) is 5.88 Å². The van der Waals surface area contributed by atoms with Crippen LogP contribution in [0.5, 0.6) is 5.88 Å². The van der Waals surface area contributed by atoms with Crippen LogP contribution in [0.3, 0.4) is 0 Å². The molecule has 0 unspecified atom stereocenters. The van der Waals surface area contributed by atoms with E-state index in [-0.39, 0.29) is 34.9 Å². The van der Waals surface area contributed by atoms with Gasteiger partial charge < -0.3 is 24.5 Å². The van der Waals surface area contributed by atoms with Crippen molar-refractivity contribution in [1.82, 2.24) is 15.2 Å². The first-order valence-corrected chi connectivity index (χ1v) is 10.9. The first-order valence-electron chi connectivity index (χ1n) is 10.5. The molecular weight excluding hydrogens is 469 g/mol. The molecule has 2 aromatic heterocycles. The number of anilines is 3. The molecule has 1 saturated carbocycles. The minimum Gasteiger partial charge on any atom is -0.474 e. The number of esters is 1. The van der Waals surface area contributed by atoms with Crippen molar-refractivity contribution in [3.63, 3.8) is 0 Å². The van der Waals surface area contributed by atoms with Gasteiger partial charge >= 0.3 is 23.8 Å². The molecule has 1 fully saturated rings. The van der Waals surface area contributed by atoms with Gasteiger partial charge in [-0.15, -0.1) is 5.10 Å². The van der Waals surface area contributed by atoms with Crippen molar-refractivity contribution in [3.05, 3.63) is 53.3 Å². The molecule has 12 heteroatoms. The van der Waals surface area contributed by atoms with Crippen molar-refractivity contribution in [2.24, 2.45) is 5.92 Å². The van der Waals surface area contributed by atoms with Gasteiger partial charge in [0.25, 0.3) is 0 Å². The summed E-state index contributed by atoms with van der Waals surface area (Å²) in [6, 6.07) is 7.18. The predicted octanol–water partition coefficient (Wildman–Crippen LogP) is 4.36. The average Bonchev–Trinajstić information content (AvgIpc) is 3.31. The van der Waals surface area contributed by atoms with Crippen molar-refractivity contribution in [3.8, 4) is 5.88 Å². The van der Waals surface area contributed by atoms with Gasteiger partial charge in [-0.05, 0) is 49.9 Å². The highest BCUT2D eigenvalue weighted by molar-refractivity contribution is 6.31. The lowest BCUT2D eigenvalue weighted by molar-refractivity contribution is -0.147. The molecule has 0 saturated heterocycles. The molecule has 1 aromatic carbocycles. The molecule has 0 aliphatic heterocycles. The van der Waals surface area contributed by atoms with Crippen LogP contribution in [0.25, 0.3) is 0 Å². The van der Waals surface area contributed by atoms with Crippen LogP contribution in [-0.2, 0) is 9.53 Å². The first kappa shape index (κ1) is 23.4. The highest BCUT2D eigenvalue weighted by atomic mass is 35.5. The summed E-state index contributed by atoms with van der Waals surface area (Å²) in [5.74, 6) is -1.31. The number of methoxy groups -OCH3 is 1. The number of hydrogen-bond donors (Lipinski definition) is 2. The number of rotatable bonds is 7. The number of carbonyl (C=O) groups is 2. The first-order chi connectivity index (χ1) is 16.4. The number of aromatic nitrogens is 3. The van der Waals surface area contributed by atoms with Gasteiger partial charge in [-0.25, -0.2) is 9.37 Å². The zero-order valence-corrected chi connectivity index (χ0v) is 18.8. The van der Waals surface area contributed by atoms with E-state index in [0.29, 0.717) is 30.1 Å². The lowest BCUT2D eigenvalue weighted by Crippen LogP contribution is -2.28. The Hall–Kier alpha value is -3.73. The highest BCUT2D eigenvalue weighted by Crippen LogP contribution is 2.28. The fourth-order valence-corrected chi connectivity index (χ4v) is 3.71. The number of hydrogen-bond acceptors (Lipinski definition) is 9. The molecule has 0 bridgehead atoms. The molecule has 1 amide bonds. The molecule has 0 radical (unpaired) electrons. The normalized spacial score (nSPS) is 17.6. The van der Waals surface area contributed by atoms with Crippen molar-refractivity contribution >= 4 is 40.9 Å². The monoisotopic (exact) mass is 489 g/mol. The second kappa shape index (κ2) is 10.5. The van der Waals surface area contributed by atoms with Gasteiger partial charge in [-0.1, -0.05) is 16.7 Å². The minimum atomic E-state index is -0.630. The fourth-order valence-electron chi connectivity index (χ4n) is 3.53. The number of nitrogens with one attached hydrogen (secondary N) is 2. The SMILES string of the molecule is COC(=O)[C@H]1CC[C@@H](Oc2ccc(NC(=O)c3nnc(Nc4ccc(F)c(Cl)c4)o3)cn2)CC1. The third-order valence-corrected chi connectivity index (χ3v) is 5.57. The van der Waals surface area contributed by atoms with E-state index in [1.54, 1.807) is 12.1 Å². The van der Waals surface area contributed by atoms with E-state index in [0.717, 1.165) is 12.8 Å². The molecule has 0 spiro atoms. The summed E-state index contributed by atoms with van der Waals surface area (Å²) in [4.78, 5) is 28.2. The molecular formula is C22H21ClFN5O5. The second-order valence-corrected chi connectivity index (χ2v) is 8.03. The summed E-state index contributed by atoms with van der Waals surface area (Å²) >= 11 is 5.74. The van der Waals surface area contributed by atoms with Gasteiger partial charge in [0.1, 0.15) is 11.9 Å². The molecule has 178 valence electrons. The average molecular weight is 490 g/mol. The van der Waals surface area contributed by atoms with Crippen LogP contribution >= 0.6 is 11.6 Å². The van der Waals surface area contributed by atoms with E-state index in [9.17, 15) is 14.0 Å². The van der Waals surface area contributed by atoms with Gasteiger partial charge in [0.05, 0.1) is 29.9 Å². The van der Waals surface area contributed by atoms with Crippen molar-refractivity contribution in [2.45, 2.75) is 31.8 Å². The van der Waals surface area contributed by atoms with E-state index in [1.807, 2.05) is 0 Å². The van der Waals surface area contributed by atoms with Crippen molar-refractivity contribution < 1.29 is 27.9 Å². The van der Waals surface area contributed by atoms with Crippen molar-refractivity contribution in [2.75, 3.05) is 17.7 Å². The number of ether oxygens (including phenoxy) is 2. The van der Waals surface area contributed by atoms with Crippen LogP contribution in [0.15, 0.2) is 40.9 Å². The number of pyridine rings is 1. The number of amides is 1. The van der Waals surface area contributed by atoms with Gasteiger partial charge in [0.15, 0.2) is 0 Å². The quantitative estimate of drug-likeness (QED) is 0.465. The number of carbonyl (C=O) groups excluding carboxylic acids is 2. The fraction of sp³-hybridized carbons (Fsp3) is 0.318. The van der Waals surface area contributed by atoms with Gasteiger partial charge in [-0.2, -0.15) is 0 Å². The van der Waals surface area contributed by atoms with Crippen molar-refractivity contribution in [1.29, 1.82) is 0 Å². The van der Waals surface area contributed by atoms with Crippen LogP contribution in [0, 0.1) is 11.7 Å². The van der Waals surface area contributed by atoms with Crippen LogP contribution in [0.2, 0.25) is 5.02 Å². The van der Waals surface area contributed by atoms with Crippen LogP contribution in [-0.4, -0.2) is 40.3 Å². The summed E-state index contributed by atoms with van der Waals surface area (Å²) in [5, 5.41) is 12.7. The topological polar surface area (TPSA) is 128 Å². The molecule has 1 aliphatic rings. The lowest BCUT2D eigenvalue weighted by atomic mass is 9.87. The Kier molecular flexibility index (Phi) is 7.21. The predicted molar refractivity (Wildman–Crippen MR) is 120 cm³/mol. The lowest BCUT2D eigenvalue weighted by Gasteiger charge is -2.27. The molecule has 4 rings (SSSR count). The maximum absolute atomic E-state index is 13.3. The Bertz CT molecular complexity index is 1160. The molecule has 2 heterocycles. The zero-order valence-electron chi connectivity index (χ0n) is 18.1. The largest absolute Gasteiger partial charge is 0.474 e. The summed E-state index contributed by atoms with van der Waals surface area (Å²) in [5.41, 5.74) is 0.824. The summed E-state index contributed by atoms with van der Waals surface area (Å²) in [7, 11) is 1.40. The Balaban J connectivity index is 1.28. The Morgan fingerprint density at radius 3 is 2.56 bits per heavy atom. The molecule has 2 N–H and O–H groups in total. The van der Waals surface area contributed by atoms with E-state index in [4.69, 9.17) is 25.5 Å². The Labute approximate surface area is 198 Å². The van der Waals surface area contributed by atoms with E-state index >= 15 is 0 Å². The second-order valence-electron chi connectivity index (χ2n) is 7.62. The highest BCUT2D eigenvalue weighted by Gasteiger charge is 2.28. The Morgan fingerprint density at radius 1 is 1.12 bits per heavy atom. The van der Waals surface area contributed by atoms with E-state index in [2.05, 4.69) is 25.8 Å². The summed E-state index contributed by atoms with van der Waals surface area (Å²) in [6.45, 7) is 0. The molecule has 3 aromatic rings. The van der Waals surface area contributed by atoms with Crippen LogP contribution in [0.4, 0.5) is 21.8 Å². The van der Waals surface area contributed by atoms with Gasteiger partial charge in [-0.3, -0.25) is 9.59 Å². The third kappa shape index (κ3) is 5.79. The summed E-state index contributed by atoms with van der Waals surface area (Å²) in [6.07, 6.45) is 4.30. The van der Waals surface area contributed by atoms with Gasteiger partial charge in [0, 0.05) is 11.8 Å². The number of benzene rings is 1. The molecule has 10 nitrogen and oxygen atoms in total. The standard InChI is InChI=1S/C22H21ClFN5O5/c1-32-21(31)12-2-6-15(7-3-12)33-18-9-5-14(11-25-18)26-19(30)20-28-29-22(34-20)27-13-4-8-17(24)16(23)10-13/h4-5,8-12,15H,2-3,6-7H2,1H3,(H,26,30)(H,27,29)/t12-,15+. The Morgan fingerprint density at radius 2 is 1.88 bits per heavy atom. The maximum atomic E-state index is 13.3. The molecule has 1 aliphatic carbocycles. The van der Waals surface area contributed by atoms with E-state index in [1.165, 1.54) is 31.5 Å². The number of halogens is 2. The molecule has 34 heavy (non-hydrogen) atoms. The summed E-state index contributed by atoms with van der Waals surface area (Å²) < 4.78 is 29.2. The zero-order chi connectivity index (χ0) is 24.1. The van der Waals surface area contributed by atoms with Crippen LogP contribution in [0.1, 0.15) is 36.4 Å². The maximum Gasteiger partial charge on any atom is 0.320 e. The van der Waals surface area contributed by atoms with E-state index < -0.39 is 11.7 Å². The smallest absolute Gasteiger partial charge is 0.320 e. The number of nitrogens with zero attached hydrogens (tertiary/aromatic N) is 3.